The first-order valence-corrected chi connectivity index (χ1v) is 9.39. The van der Waals surface area contributed by atoms with Crippen molar-refractivity contribution < 1.29 is 18.7 Å². The zero-order valence-corrected chi connectivity index (χ0v) is 15.3. The number of benzene rings is 1. The van der Waals surface area contributed by atoms with E-state index in [1.165, 1.54) is 24.3 Å². The largest absolute Gasteiger partial charge is 0.385 e. The van der Waals surface area contributed by atoms with Crippen LogP contribution in [-0.4, -0.2) is 49.1 Å². The summed E-state index contributed by atoms with van der Waals surface area (Å²) in [5.74, 6) is -0.250. The molecule has 1 N–H and O–H groups in total. The van der Waals surface area contributed by atoms with Crippen LogP contribution < -0.4 is 5.32 Å². The molecule has 1 atom stereocenters. The van der Waals surface area contributed by atoms with Gasteiger partial charge in [0, 0.05) is 38.3 Å². The third kappa shape index (κ3) is 4.23. The summed E-state index contributed by atoms with van der Waals surface area (Å²) < 4.78 is 18.3. The number of halogens is 1. The Hall–Kier alpha value is -1.95. The van der Waals surface area contributed by atoms with Crippen LogP contribution in [0.2, 0.25) is 0 Å². The summed E-state index contributed by atoms with van der Waals surface area (Å²) in [6.07, 6.45) is 5.55. The number of hydrogen-bond donors (Lipinski definition) is 1. The molecule has 26 heavy (non-hydrogen) atoms. The van der Waals surface area contributed by atoms with E-state index in [1.54, 1.807) is 7.11 Å². The summed E-state index contributed by atoms with van der Waals surface area (Å²) in [5, 5.41) is 3.10. The van der Waals surface area contributed by atoms with Crippen molar-refractivity contribution in [3.8, 4) is 0 Å². The average Bonchev–Trinajstić information content (AvgIpc) is 3.31. The molecule has 1 aliphatic carbocycles. The summed E-state index contributed by atoms with van der Waals surface area (Å²) in [6, 6.07) is 5.51. The third-order valence-corrected chi connectivity index (χ3v) is 5.64. The maximum atomic E-state index is 13.1. The van der Waals surface area contributed by atoms with Gasteiger partial charge in [0.15, 0.2) is 0 Å². The van der Waals surface area contributed by atoms with Gasteiger partial charge in [0.2, 0.25) is 5.91 Å². The smallest absolute Gasteiger partial charge is 0.251 e. The van der Waals surface area contributed by atoms with Gasteiger partial charge in [-0.05, 0) is 49.9 Å². The van der Waals surface area contributed by atoms with E-state index >= 15 is 0 Å². The molecule has 1 saturated heterocycles. The predicted octanol–water partition coefficient (Wildman–Crippen LogP) is 2.75. The van der Waals surface area contributed by atoms with Gasteiger partial charge in [0.25, 0.3) is 5.91 Å². The minimum absolute atomic E-state index is 0.140. The van der Waals surface area contributed by atoms with Crippen LogP contribution in [-0.2, 0) is 9.53 Å². The molecule has 0 spiro atoms. The molecule has 0 radical (unpaired) electrons. The van der Waals surface area contributed by atoms with Crippen molar-refractivity contribution in [3.63, 3.8) is 0 Å². The van der Waals surface area contributed by atoms with Gasteiger partial charge in [-0.2, -0.15) is 0 Å². The lowest BCUT2D eigenvalue weighted by Gasteiger charge is -2.31. The Kier molecular flexibility index (Phi) is 5.91. The first-order valence-electron chi connectivity index (χ1n) is 9.39. The molecule has 2 fully saturated rings. The number of nitrogens with one attached hydrogen (secondary N) is 1. The van der Waals surface area contributed by atoms with Crippen LogP contribution in [0.1, 0.15) is 48.9 Å². The quantitative estimate of drug-likeness (QED) is 0.847. The fraction of sp³-hybridized carbons (Fsp3) is 0.600. The molecule has 1 saturated carbocycles. The molecule has 1 aliphatic heterocycles. The Morgan fingerprint density at radius 2 is 1.96 bits per heavy atom. The van der Waals surface area contributed by atoms with Crippen molar-refractivity contribution in [3.05, 3.63) is 35.6 Å². The number of carbonyl (C=O) groups excluding carboxylic acids is 2. The lowest BCUT2D eigenvalue weighted by molar-refractivity contribution is -0.134. The number of carbonyl (C=O) groups is 2. The highest BCUT2D eigenvalue weighted by Gasteiger charge is 2.42. The van der Waals surface area contributed by atoms with E-state index in [4.69, 9.17) is 4.74 Å². The van der Waals surface area contributed by atoms with Crippen LogP contribution in [0.3, 0.4) is 0 Å². The molecule has 1 aromatic carbocycles. The van der Waals surface area contributed by atoms with Crippen LogP contribution in [0.4, 0.5) is 4.39 Å². The average molecular weight is 362 g/mol. The minimum Gasteiger partial charge on any atom is -0.385 e. The highest BCUT2D eigenvalue weighted by molar-refractivity contribution is 5.94. The van der Waals surface area contributed by atoms with Gasteiger partial charge in [0.1, 0.15) is 5.82 Å². The van der Waals surface area contributed by atoms with Crippen molar-refractivity contribution in [2.45, 2.75) is 44.1 Å². The highest BCUT2D eigenvalue weighted by Crippen LogP contribution is 2.31. The lowest BCUT2D eigenvalue weighted by Crippen LogP contribution is -2.52. The fourth-order valence-corrected chi connectivity index (χ4v) is 4.07. The first-order chi connectivity index (χ1) is 12.5. The molecule has 1 unspecified atom stereocenters. The van der Waals surface area contributed by atoms with Crippen LogP contribution in [0.5, 0.6) is 0 Å². The van der Waals surface area contributed by atoms with Gasteiger partial charge in [0.05, 0.1) is 5.54 Å². The topological polar surface area (TPSA) is 58.6 Å². The third-order valence-electron chi connectivity index (χ3n) is 5.64. The van der Waals surface area contributed by atoms with Crippen LogP contribution >= 0.6 is 0 Å². The van der Waals surface area contributed by atoms with E-state index in [9.17, 15) is 14.0 Å². The Balaban J connectivity index is 1.69. The molecule has 2 aliphatic rings. The van der Waals surface area contributed by atoms with Gasteiger partial charge >= 0.3 is 0 Å². The van der Waals surface area contributed by atoms with E-state index < -0.39 is 5.54 Å². The Morgan fingerprint density at radius 1 is 1.27 bits per heavy atom. The molecular formula is C20H27FN2O3. The molecule has 6 heteroatoms. The summed E-state index contributed by atoms with van der Waals surface area (Å²) >= 11 is 0. The number of nitrogens with zero attached hydrogens (tertiary/aromatic N) is 1. The zero-order valence-electron chi connectivity index (χ0n) is 15.3. The molecule has 0 aromatic heterocycles. The number of hydrogen-bond acceptors (Lipinski definition) is 3. The second-order valence-electron chi connectivity index (χ2n) is 7.48. The zero-order chi connectivity index (χ0) is 18.6. The van der Waals surface area contributed by atoms with E-state index in [0.717, 1.165) is 25.7 Å². The Labute approximate surface area is 153 Å². The van der Waals surface area contributed by atoms with Gasteiger partial charge < -0.3 is 15.0 Å². The summed E-state index contributed by atoms with van der Waals surface area (Å²) in [5.41, 5.74) is -0.0702. The normalized spacial score (nSPS) is 23.4. The maximum Gasteiger partial charge on any atom is 0.251 e. The van der Waals surface area contributed by atoms with Crippen molar-refractivity contribution in [1.82, 2.24) is 10.2 Å². The van der Waals surface area contributed by atoms with E-state index in [2.05, 4.69) is 5.32 Å². The first kappa shape index (κ1) is 18.8. The predicted molar refractivity (Wildman–Crippen MR) is 96.2 cm³/mol. The Bertz CT molecular complexity index is 643. The molecular weight excluding hydrogens is 335 g/mol. The highest BCUT2D eigenvalue weighted by atomic mass is 19.1. The molecule has 2 amide bonds. The van der Waals surface area contributed by atoms with E-state index in [-0.39, 0.29) is 23.5 Å². The number of ether oxygens (including phenoxy) is 1. The van der Waals surface area contributed by atoms with Crippen LogP contribution in [0, 0.1) is 11.7 Å². The molecule has 1 aromatic rings. The second kappa shape index (κ2) is 8.16. The molecule has 0 bridgehead atoms. The fourth-order valence-electron chi connectivity index (χ4n) is 4.07. The van der Waals surface area contributed by atoms with Gasteiger partial charge in [-0.15, -0.1) is 0 Å². The van der Waals surface area contributed by atoms with Crippen molar-refractivity contribution in [1.29, 1.82) is 0 Å². The standard InChI is InChI=1S/C20H27FN2O3/c1-26-13-11-20(22-18(24)15-6-8-17(21)9-7-15)10-12-23(14-20)19(25)16-4-2-3-5-16/h6-9,16H,2-5,10-14H2,1H3,(H,22,24). The number of rotatable bonds is 6. The lowest BCUT2D eigenvalue weighted by atomic mass is 9.93. The molecule has 3 rings (SSSR count). The van der Waals surface area contributed by atoms with Crippen LogP contribution in [0.25, 0.3) is 0 Å². The van der Waals surface area contributed by atoms with E-state index in [1.807, 2.05) is 4.90 Å². The summed E-state index contributed by atoms with van der Waals surface area (Å²) in [4.78, 5) is 27.3. The van der Waals surface area contributed by atoms with Crippen molar-refractivity contribution in [2.24, 2.45) is 5.92 Å². The number of methoxy groups -OCH3 is 1. The van der Waals surface area contributed by atoms with Gasteiger partial charge in [-0.1, -0.05) is 12.8 Å². The van der Waals surface area contributed by atoms with E-state index in [0.29, 0.717) is 38.1 Å². The van der Waals surface area contributed by atoms with Crippen molar-refractivity contribution in [2.75, 3.05) is 26.8 Å². The molecule has 142 valence electrons. The minimum atomic E-state index is -0.490. The summed E-state index contributed by atoms with van der Waals surface area (Å²) in [7, 11) is 1.63. The van der Waals surface area contributed by atoms with Crippen molar-refractivity contribution >= 4 is 11.8 Å². The maximum absolute atomic E-state index is 13.1. The summed E-state index contributed by atoms with van der Waals surface area (Å²) in [6.45, 7) is 1.68. The number of amides is 2. The number of likely N-dealkylation sites (tertiary alicyclic amines) is 1. The SMILES string of the molecule is COCCC1(NC(=O)c2ccc(F)cc2)CCN(C(=O)C2CCCC2)C1. The molecule has 5 nitrogen and oxygen atoms in total. The molecule has 1 heterocycles. The van der Waals surface area contributed by atoms with Crippen LogP contribution in [0.15, 0.2) is 24.3 Å². The monoisotopic (exact) mass is 362 g/mol. The Morgan fingerprint density at radius 3 is 2.62 bits per heavy atom. The second-order valence-corrected chi connectivity index (χ2v) is 7.48. The van der Waals surface area contributed by atoms with Gasteiger partial charge in [-0.25, -0.2) is 4.39 Å². The van der Waals surface area contributed by atoms with Gasteiger partial charge in [-0.3, -0.25) is 9.59 Å².